The number of para-hydroxylation sites is 1. The Labute approximate surface area is 149 Å². The number of nitrogens with zero attached hydrogens (tertiary/aromatic N) is 3. The first-order chi connectivity index (χ1) is 11.0. The van der Waals surface area contributed by atoms with Gasteiger partial charge in [0, 0.05) is 31.0 Å². The second kappa shape index (κ2) is 10.1. The molecule has 0 atom stereocenters. The van der Waals surface area contributed by atoms with Crippen LogP contribution in [0.4, 0.5) is 4.79 Å². The van der Waals surface area contributed by atoms with Crippen molar-refractivity contribution in [2.75, 3.05) is 19.4 Å². The standard InChI is InChI=1S/C13H15N3O2.C3H4BrCl/c1-10-9-12(18-13(17)15(2)3)16(14-10)11-7-5-4-6-8-11;4-2-1-3-5/h4-9H,1-3H3;1,3H,2H2. The summed E-state index contributed by atoms with van der Waals surface area (Å²) in [6.07, 6.45) is 1.38. The molecule has 23 heavy (non-hydrogen) atoms. The number of hydrogen-bond donors (Lipinski definition) is 0. The number of halogens is 2. The molecule has 7 heteroatoms. The molecule has 0 radical (unpaired) electrons. The number of alkyl halides is 1. The van der Waals surface area contributed by atoms with E-state index in [-0.39, 0.29) is 0 Å². The summed E-state index contributed by atoms with van der Waals surface area (Å²) >= 11 is 8.23. The van der Waals surface area contributed by atoms with Gasteiger partial charge >= 0.3 is 6.09 Å². The van der Waals surface area contributed by atoms with Crippen molar-refractivity contribution in [1.82, 2.24) is 14.7 Å². The molecule has 2 rings (SSSR count). The van der Waals surface area contributed by atoms with Crippen molar-refractivity contribution in [2.24, 2.45) is 0 Å². The SMILES string of the molecule is Cc1cc(OC(=O)N(C)C)n(-c2ccccc2)n1.ClC=CCBr. The van der Waals surface area contributed by atoms with Gasteiger partial charge in [-0.25, -0.2) is 9.48 Å². The van der Waals surface area contributed by atoms with Crippen molar-refractivity contribution in [2.45, 2.75) is 6.92 Å². The van der Waals surface area contributed by atoms with Crippen molar-refractivity contribution in [3.8, 4) is 11.6 Å². The van der Waals surface area contributed by atoms with Gasteiger partial charge in [0.15, 0.2) is 0 Å². The van der Waals surface area contributed by atoms with Crippen LogP contribution in [-0.2, 0) is 0 Å². The summed E-state index contributed by atoms with van der Waals surface area (Å²) in [5, 5.41) is 5.16. The van der Waals surface area contributed by atoms with Crippen molar-refractivity contribution in [1.29, 1.82) is 0 Å². The number of amides is 1. The third-order valence-electron chi connectivity index (χ3n) is 2.53. The molecule has 2 aromatic rings. The average molecular weight is 401 g/mol. The lowest BCUT2D eigenvalue weighted by atomic mass is 10.3. The Morgan fingerprint density at radius 1 is 1.39 bits per heavy atom. The topological polar surface area (TPSA) is 47.4 Å². The highest BCUT2D eigenvalue weighted by Crippen LogP contribution is 2.19. The summed E-state index contributed by atoms with van der Waals surface area (Å²) in [5.74, 6) is 0.414. The summed E-state index contributed by atoms with van der Waals surface area (Å²) in [6.45, 7) is 1.85. The Morgan fingerprint density at radius 3 is 2.52 bits per heavy atom. The summed E-state index contributed by atoms with van der Waals surface area (Å²) in [7, 11) is 3.27. The quantitative estimate of drug-likeness (QED) is 0.719. The summed E-state index contributed by atoms with van der Waals surface area (Å²) in [5.41, 5.74) is 3.13. The number of rotatable bonds is 3. The maximum absolute atomic E-state index is 11.6. The summed E-state index contributed by atoms with van der Waals surface area (Å²) in [4.78, 5) is 12.9. The predicted molar refractivity (Wildman–Crippen MR) is 96.8 cm³/mol. The first-order valence-corrected chi connectivity index (χ1v) is 8.37. The molecule has 0 N–H and O–H groups in total. The molecule has 0 aliphatic rings. The van der Waals surface area contributed by atoms with Crippen LogP contribution in [0.25, 0.3) is 5.69 Å². The van der Waals surface area contributed by atoms with E-state index in [9.17, 15) is 4.79 Å². The fraction of sp³-hybridized carbons (Fsp3) is 0.250. The Balaban J connectivity index is 0.000000463. The number of aryl methyl sites for hydroxylation is 1. The van der Waals surface area contributed by atoms with E-state index in [1.165, 1.54) is 10.4 Å². The highest BCUT2D eigenvalue weighted by atomic mass is 79.9. The van der Waals surface area contributed by atoms with Gasteiger partial charge in [0.1, 0.15) is 0 Å². The number of hydrogen-bond acceptors (Lipinski definition) is 3. The van der Waals surface area contributed by atoms with Gasteiger partial charge in [0.2, 0.25) is 5.88 Å². The fourth-order valence-corrected chi connectivity index (χ4v) is 2.01. The lowest BCUT2D eigenvalue weighted by Gasteiger charge is -2.11. The molecule has 5 nitrogen and oxygen atoms in total. The number of aromatic nitrogens is 2. The molecule has 0 bridgehead atoms. The molecule has 0 aliphatic carbocycles. The average Bonchev–Trinajstić information content (AvgIpc) is 2.90. The molecule has 0 unspecified atom stereocenters. The number of ether oxygens (including phenoxy) is 1. The zero-order chi connectivity index (χ0) is 17.2. The normalized spacial score (nSPS) is 10.1. The molecule has 1 aromatic heterocycles. The van der Waals surface area contributed by atoms with E-state index < -0.39 is 6.09 Å². The van der Waals surface area contributed by atoms with E-state index in [0.717, 1.165) is 16.7 Å². The Hall–Kier alpha value is -1.79. The van der Waals surface area contributed by atoms with Gasteiger partial charge in [-0.2, -0.15) is 5.10 Å². The van der Waals surface area contributed by atoms with Gasteiger partial charge in [0.05, 0.1) is 11.4 Å². The van der Waals surface area contributed by atoms with Gasteiger partial charge < -0.3 is 9.64 Å². The van der Waals surface area contributed by atoms with Crippen LogP contribution in [0.1, 0.15) is 5.69 Å². The molecule has 0 saturated heterocycles. The molecular formula is C16H19BrClN3O2. The Morgan fingerprint density at radius 2 is 2.04 bits per heavy atom. The fourth-order valence-electron chi connectivity index (χ4n) is 1.52. The summed E-state index contributed by atoms with van der Waals surface area (Å²) in [6, 6.07) is 11.3. The van der Waals surface area contributed by atoms with Crippen LogP contribution in [-0.4, -0.2) is 40.2 Å². The van der Waals surface area contributed by atoms with E-state index >= 15 is 0 Å². The van der Waals surface area contributed by atoms with Crippen LogP contribution < -0.4 is 4.74 Å². The molecule has 0 fully saturated rings. The Kier molecular flexibility index (Phi) is 8.43. The molecule has 0 aliphatic heterocycles. The number of carbonyl (C=O) groups excluding carboxylic acids is 1. The minimum Gasteiger partial charge on any atom is -0.391 e. The predicted octanol–water partition coefficient (Wildman–Crippen LogP) is 4.37. The van der Waals surface area contributed by atoms with E-state index in [4.69, 9.17) is 16.3 Å². The lowest BCUT2D eigenvalue weighted by Crippen LogP contribution is -2.26. The van der Waals surface area contributed by atoms with Crippen molar-refractivity contribution < 1.29 is 9.53 Å². The summed E-state index contributed by atoms with van der Waals surface area (Å²) < 4.78 is 6.88. The third kappa shape index (κ3) is 6.46. The minimum absolute atomic E-state index is 0.414. The van der Waals surface area contributed by atoms with Crippen molar-refractivity contribution >= 4 is 33.6 Å². The van der Waals surface area contributed by atoms with Gasteiger partial charge in [-0.05, 0) is 19.1 Å². The zero-order valence-corrected chi connectivity index (χ0v) is 15.6. The highest BCUT2D eigenvalue weighted by Gasteiger charge is 2.13. The van der Waals surface area contributed by atoms with Crippen LogP contribution in [0.5, 0.6) is 5.88 Å². The monoisotopic (exact) mass is 399 g/mol. The molecular weight excluding hydrogens is 382 g/mol. The van der Waals surface area contributed by atoms with Gasteiger partial charge in [-0.15, -0.1) is 0 Å². The zero-order valence-electron chi connectivity index (χ0n) is 13.2. The molecule has 0 spiro atoms. The number of carbonyl (C=O) groups is 1. The molecule has 124 valence electrons. The van der Waals surface area contributed by atoms with Crippen LogP contribution in [0.2, 0.25) is 0 Å². The highest BCUT2D eigenvalue weighted by molar-refractivity contribution is 9.09. The van der Waals surface area contributed by atoms with Gasteiger partial charge in [0.25, 0.3) is 0 Å². The third-order valence-corrected chi connectivity index (χ3v) is 3.09. The van der Waals surface area contributed by atoms with Gasteiger partial charge in [-0.1, -0.05) is 51.8 Å². The van der Waals surface area contributed by atoms with Crippen LogP contribution in [0.15, 0.2) is 48.0 Å². The van der Waals surface area contributed by atoms with E-state index in [1.54, 1.807) is 24.8 Å². The number of allylic oxidation sites excluding steroid dienone is 1. The van der Waals surface area contributed by atoms with Crippen LogP contribution >= 0.6 is 27.5 Å². The maximum Gasteiger partial charge on any atom is 0.416 e. The lowest BCUT2D eigenvalue weighted by molar-refractivity contribution is 0.168. The first-order valence-electron chi connectivity index (χ1n) is 6.82. The van der Waals surface area contributed by atoms with Crippen LogP contribution in [0.3, 0.4) is 0 Å². The van der Waals surface area contributed by atoms with Crippen molar-refractivity contribution in [3.63, 3.8) is 0 Å². The van der Waals surface area contributed by atoms with Crippen molar-refractivity contribution in [3.05, 3.63) is 53.7 Å². The largest absolute Gasteiger partial charge is 0.416 e. The smallest absolute Gasteiger partial charge is 0.391 e. The molecule has 1 aromatic carbocycles. The minimum atomic E-state index is -0.424. The van der Waals surface area contributed by atoms with E-state index in [0.29, 0.717) is 5.88 Å². The molecule has 1 amide bonds. The molecule has 0 saturated carbocycles. The van der Waals surface area contributed by atoms with E-state index in [2.05, 4.69) is 21.0 Å². The van der Waals surface area contributed by atoms with Crippen LogP contribution in [0, 0.1) is 6.92 Å². The molecule has 1 heterocycles. The second-order valence-corrected chi connectivity index (χ2v) is 5.55. The van der Waals surface area contributed by atoms with Gasteiger partial charge in [-0.3, -0.25) is 0 Å². The second-order valence-electron chi connectivity index (χ2n) is 4.65. The first kappa shape index (κ1) is 19.3. The Bertz CT molecular complexity index is 642. The maximum atomic E-state index is 11.6. The van der Waals surface area contributed by atoms with E-state index in [1.807, 2.05) is 43.3 Å². The number of benzene rings is 1.